The number of aromatic nitrogens is 5. The summed E-state index contributed by atoms with van der Waals surface area (Å²) in [4.78, 5) is 46.4. The SMILES string of the molecule is CNC(=O)c1nnc(NC(=O)C2CC2)cc1Nc1cccc2c1N(C)[C@H](C)c1c-2cnn1C1CN(C(=O)c2cccc(OC)n2)C1. The Bertz CT molecular complexity index is 1860. The molecular formula is C32H34N10O4. The summed E-state index contributed by atoms with van der Waals surface area (Å²) in [6, 6.07) is 12.7. The second kappa shape index (κ2) is 11.4. The molecule has 1 saturated carbocycles. The van der Waals surface area contributed by atoms with E-state index in [1.54, 1.807) is 29.2 Å². The molecule has 0 unspecified atom stereocenters. The number of fused-ring (bicyclic) bond motifs is 3. The number of hydrogen-bond donors (Lipinski definition) is 3. The molecule has 3 aliphatic rings. The topological polar surface area (TPSA) is 160 Å². The number of anilines is 4. The molecule has 2 aliphatic heterocycles. The zero-order valence-corrected chi connectivity index (χ0v) is 25.9. The van der Waals surface area contributed by atoms with Crippen LogP contribution >= 0.6 is 0 Å². The van der Waals surface area contributed by atoms with Gasteiger partial charge in [0.1, 0.15) is 5.69 Å². The number of benzene rings is 1. The summed E-state index contributed by atoms with van der Waals surface area (Å²) >= 11 is 0. The molecule has 1 aromatic carbocycles. The smallest absolute Gasteiger partial charge is 0.273 e. The Morgan fingerprint density at radius 3 is 2.52 bits per heavy atom. The first kappa shape index (κ1) is 29.2. The predicted molar refractivity (Wildman–Crippen MR) is 170 cm³/mol. The van der Waals surface area contributed by atoms with E-state index in [0.717, 1.165) is 41.0 Å². The number of carbonyl (C=O) groups is 3. The minimum absolute atomic E-state index is 0.00306. The molecule has 46 heavy (non-hydrogen) atoms. The second-order valence-electron chi connectivity index (χ2n) is 11.8. The van der Waals surface area contributed by atoms with Crippen LogP contribution in [0.15, 0.2) is 48.7 Å². The number of nitrogens with zero attached hydrogens (tertiary/aromatic N) is 7. The van der Waals surface area contributed by atoms with Crippen molar-refractivity contribution in [1.29, 1.82) is 0 Å². The third kappa shape index (κ3) is 5.04. The third-order valence-electron chi connectivity index (χ3n) is 8.84. The normalized spacial score (nSPS) is 17.0. The Hall–Kier alpha value is -5.53. The summed E-state index contributed by atoms with van der Waals surface area (Å²) in [6.45, 7) is 3.16. The van der Waals surface area contributed by atoms with E-state index in [-0.39, 0.29) is 41.3 Å². The van der Waals surface area contributed by atoms with Gasteiger partial charge >= 0.3 is 0 Å². The molecule has 0 bridgehead atoms. The number of hydrogen-bond acceptors (Lipinski definition) is 10. The van der Waals surface area contributed by atoms with Gasteiger partial charge in [-0.2, -0.15) is 5.10 Å². The monoisotopic (exact) mass is 622 g/mol. The van der Waals surface area contributed by atoms with E-state index in [1.165, 1.54) is 14.2 Å². The van der Waals surface area contributed by atoms with E-state index in [2.05, 4.69) is 43.0 Å². The van der Waals surface area contributed by atoms with Crippen LogP contribution in [-0.4, -0.2) is 81.9 Å². The Kier molecular flexibility index (Phi) is 7.26. The van der Waals surface area contributed by atoms with E-state index < -0.39 is 5.91 Å². The van der Waals surface area contributed by atoms with Crippen molar-refractivity contribution in [2.75, 3.05) is 49.8 Å². The van der Waals surface area contributed by atoms with Crippen LogP contribution in [0.4, 0.5) is 22.9 Å². The highest BCUT2D eigenvalue weighted by atomic mass is 16.5. The molecule has 1 saturated heterocycles. The number of methoxy groups -OCH3 is 1. The van der Waals surface area contributed by atoms with E-state index in [1.807, 2.05) is 36.1 Å². The standard InChI is InChI=1S/C32H34N10O4/c1-17-28-21(14-34-42(28)19-15-41(16-19)32(45)23-9-6-10-26(36-23)46-4)20-7-5-8-22(29(20)40(17)3)35-24-13-25(37-30(43)18-11-12-18)38-39-27(24)31(44)33-2/h5-10,13-14,17-19H,11-12,15-16H2,1-4H3,(H,33,44)(H2,35,37,38,43)/t17-/m1/s1. The molecule has 1 atom stereocenters. The lowest BCUT2D eigenvalue weighted by atomic mass is 9.93. The molecule has 4 aromatic rings. The van der Waals surface area contributed by atoms with Crippen molar-refractivity contribution in [3.05, 3.63) is 65.7 Å². The average molecular weight is 623 g/mol. The van der Waals surface area contributed by atoms with Crippen LogP contribution in [0.1, 0.15) is 58.5 Å². The van der Waals surface area contributed by atoms with E-state index in [4.69, 9.17) is 9.84 Å². The van der Waals surface area contributed by atoms with Gasteiger partial charge in [-0.05, 0) is 31.9 Å². The Morgan fingerprint density at radius 1 is 1.00 bits per heavy atom. The van der Waals surface area contributed by atoms with Crippen LogP contribution in [-0.2, 0) is 4.79 Å². The number of carbonyl (C=O) groups excluding carboxylic acids is 3. The Morgan fingerprint density at radius 2 is 1.78 bits per heavy atom. The lowest BCUT2D eigenvalue weighted by Gasteiger charge is -2.42. The lowest BCUT2D eigenvalue weighted by molar-refractivity contribution is -0.117. The van der Waals surface area contributed by atoms with Gasteiger partial charge in [-0.3, -0.25) is 19.1 Å². The quantitative estimate of drug-likeness (QED) is 0.266. The Labute approximate surface area is 265 Å². The maximum atomic E-state index is 13.1. The summed E-state index contributed by atoms with van der Waals surface area (Å²) in [5, 5.41) is 21.9. The van der Waals surface area contributed by atoms with Crippen LogP contribution < -0.4 is 25.6 Å². The molecule has 0 radical (unpaired) electrons. The van der Waals surface area contributed by atoms with Gasteiger partial charge < -0.3 is 30.5 Å². The molecule has 236 valence electrons. The van der Waals surface area contributed by atoms with Crippen molar-refractivity contribution in [3.63, 3.8) is 0 Å². The summed E-state index contributed by atoms with van der Waals surface area (Å²) in [6.07, 6.45) is 3.60. The molecule has 1 aliphatic carbocycles. The van der Waals surface area contributed by atoms with Crippen molar-refractivity contribution in [1.82, 2.24) is 35.2 Å². The van der Waals surface area contributed by atoms with E-state index in [0.29, 0.717) is 30.4 Å². The van der Waals surface area contributed by atoms with Crippen molar-refractivity contribution in [2.45, 2.75) is 31.8 Å². The highest BCUT2D eigenvalue weighted by molar-refractivity contribution is 6.01. The molecule has 3 N–H and O–H groups in total. The van der Waals surface area contributed by atoms with Crippen LogP contribution in [0.5, 0.6) is 5.88 Å². The highest BCUT2D eigenvalue weighted by Crippen LogP contribution is 2.49. The first-order valence-corrected chi connectivity index (χ1v) is 15.2. The predicted octanol–water partition coefficient (Wildman–Crippen LogP) is 3.40. The zero-order chi connectivity index (χ0) is 32.1. The fourth-order valence-electron chi connectivity index (χ4n) is 6.04. The van der Waals surface area contributed by atoms with Gasteiger partial charge in [0, 0.05) is 56.4 Å². The number of para-hydroxylation sites is 1. The maximum absolute atomic E-state index is 13.1. The summed E-state index contributed by atoms with van der Waals surface area (Å²) in [5.41, 5.74) is 5.60. The lowest BCUT2D eigenvalue weighted by Crippen LogP contribution is -2.51. The summed E-state index contributed by atoms with van der Waals surface area (Å²) in [7, 11) is 5.08. The van der Waals surface area contributed by atoms with Crippen molar-refractivity contribution >= 4 is 40.6 Å². The summed E-state index contributed by atoms with van der Waals surface area (Å²) < 4.78 is 7.21. The molecule has 3 amide bonds. The van der Waals surface area contributed by atoms with Gasteiger partial charge in [0.05, 0.1) is 48.1 Å². The minimum atomic E-state index is -0.402. The average Bonchev–Trinajstić information content (AvgIpc) is 3.82. The van der Waals surface area contributed by atoms with Gasteiger partial charge in [-0.25, -0.2) is 4.98 Å². The molecule has 0 spiro atoms. The van der Waals surface area contributed by atoms with Crippen molar-refractivity contribution in [2.24, 2.45) is 5.92 Å². The molecule has 5 heterocycles. The van der Waals surface area contributed by atoms with Crippen LogP contribution in [0, 0.1) is 5.92 Å². The van der Waals surface area contributed by atoms with Gasteiger partial charge in [0.25, 0.3) is 11.8 Å². The van der Waals surface area contributed by atoms with Gasteiger partial charge in [-0.15, -0.1) is 10.2 Å². The first-order chi connectivity index (χ1) is 22.3. The number of likely N-dealkylation sites (tertiary alicyclic amines) is 1. The number of pyridine rings is 1. The van der Waals surface area contributed by atoms with Crippen LogP contribution in [0.2, 0.25) is 0 Å². The summed E-state index contributed by atoms with van der Waals surface area (Å²) in [5.74, 6) is 0.0344. The number of rotatable bonds is 8. The van der Waals surface area contributed by atoms with E-state index in [9.17, 15) is 14.4 Å². The minimum Gasteiger partial charge on any atom is -0.481 e. The molecular weight excluding hydrogens is 588 g/mol. The van der Waals surface area contributed by atoms with Crippen molar-refractivity contribution in [3.8, 4) is 17.0 Å². The molecule has 3 aromatic heterocycles. The third-order valence-corrected chi connectivity index (χ3v) is 8.84. The van der Waals surface area contributed by atoms with Gasteiger partial charge in [0.2, 0.25) is 11.8 Å². The number of ether oxygens (including phenoxy) is 1. The van der Waals surface area contributed by atoms with E-state index >= 15 is 0 Å². The highest BCUT2D eigenvalue weighted by Gasteiger charge is 2.39. The van der Waals surface area contributed by atoms with Gasteiger partial charge in [0.15, 0.2) is 11.5 Å². The van der Waals surface area contributed by atoms with Crippen LogP contribution in [0.25, 0.3) is 11.1 Å². The van der Waals surface area contributed by atoms with Crippen molar-refractivity contribution < 1.29 is 19.1 Å². The first-order valence-electron chi connectivity index (χ1n) is 15.2. The van der Waals surface area contributed by atoms with Gasteiger partial charge in [-0.1, -0.05) is 18.2 Å². The zero-order valence-electron chi connectivity index (χ0n) is 25.9. The molecule has 7 rings (SSSR count). The number of nitrogens with one attached hydrogen (secondary N) is 3. The second-order valence-corrected chi connectivity index (χ2v) is 11.8. The molecule has 2 fully saturated rings. The fourth-order valence-corrected chi connectivity index (χ4v) is 6.04. The number of amides is 3. The molecule has 14 heteroatoms. The largest absolute Gasteiger partial charge is 0.481 e. The fraction of sp³-hybridized carbons (Fsp3) is 0.344. The molecule has 14 nitrogen and oxygen atoms in total. The van der Waals surface area contributed by atoms with Crippen LogP contribution in [0.3, 0.4) is 0 Å². The Balaban J connectivity index is 1.16. The maximum Gasteiger partial charge on any atom is 0.273 e.